The number of rotatable bonds is 5. The van der Waals surface area contributed by atoms with Crippen molar-refractivity contribution in [3.8, 4) is 0 Å². The van der Waals surface area contributed by atoms with Crippen molar-refractivity contribution >= 4 is 28.5 Å². The first-order valence-electron chi connectivity index (χ1n) is 8.88. The Morgan fingerprint density at radius 1 is 1.10 bits per heavy atom. The summed E-state index contributed by atoms with van der Waals surface area (Å²) in [6.45, 7) is 2.19. The predicted molar refractivity (Wildman–Crippen MR) is 107 cm³/mol. The van der Waals surface area contributed by atoms with Gasteiger partial charge in [0.1, 0.15) is 11.6 Å². The van der Waals surface area contributed by atoms with Gasteiger partial charge in [0.25, 0.3) is 5.91 Å². The van der Waals surface area contributed by atoms with Crippen molar-refractivity contribution in [2.75, 3.05) is 16.0 Å². The van der Waals surface area contributed by atoms with E-state index in [0.717, 1.165) is 5.69 Å². The fourth-order valence-corrected chi connectivity index (χ4v) is 2.91. The maximum atomic E-state index is 14.4. The molecule has 146 valence electrons. The Morgan fingerprint density at radius 2 is 1.97 bits per heavy atom. The number of halogens is 2. The highest BCUT2D eigenvalue weighted by Crippen LogP contribution is 2.32. The smallest absolute Gasteiger partial charge is 0.257 e. The topological polar surface area (TPSA) is 78.9 Å². The van der Waals surface area contributed by atoms with Crippen LogP contribution < -0.4 is 16.0 Å². The van der Waals surface area contributed by atoms with Gasteiger partial charge in [0.2, 0.25) is 0 Å². The van der Waals surface area contributed by atoms with E-state index in [-0.39, 0.29) is 5.91 Å². The number of carbonyl (C=O) groups is 1. The fourth-order valence-electron chi connectivity index (χ4n) is 2.91. The van der Waals surface area contributed by atoms with E-state index in [4.69, 9.17) is 0 Å². The van der Waals surface area contributed by atoms with E-state index in [1.165, 1.54) is 30.5 Å². The molecule has 0 unspecified atom stereocenters. The minimum atomic E-state index is -0.452. The van der Waals surface area contributed by atoms with E-state index in [0.29, 0.717) is 40.4 Å². The molecule has 29 heavy (non-hydrogen) atoms. The molecule has 1 aliphatic rings. The summed E-state index contributed by atoms with van der Waals surface area (Å²) in [5.74, 6) is -1.23. The molecule has 2 heterocycles. The highest BCUT2D eigenvalue weighted by Gasteiger charge is 2.24. The number of aryl methyl sites for hydroxylation is 1. The molecule has 1 aliphatic heterocycles. The van der Waals surface area contributed by atoms with E-state index >= 15 is 0 Å². The molecule has 0 radical (unpaired) electrons. The Bertz CT molecular complexity index is 1110. The van der Waals surface area contributed by atoms with Crippen LogP contribution in [0.25, 0.3) is 5.57 Å². The van der Waals surface area contributed by atoms with Crippen molar-refractivity contribution in [3.63, 3.8) is 0 Å². The minimum Gasteiger partial charge on any atom is -0.377 e. The second-order valence-electron chi connectivity index (χ2n) is 6.54. The number of benzene rings is 2. The molecule has 0 aliphatic carbocycles. The number of amides is 1. The summed E-state index contributed by atoms with van der Waals surface area (Å²) >= 11 is 0. The monoisotopic (exact) mass is 393 g/mol. The molecular weight excluding hydrogens is 376 g/mol. The SMILES string of the molecule is Cc1cnc(CNc2ccc(NC=C3C(=O)Nc4cc(F)ccc43)cc2F)cn1. The average Bonchev–Trinajstić information content (AvgIpc) is 3.01. The highest BCUT2D eigenvalue weighted by molar-refractivity contribution is 6.31. The second-order valence-corrected chi connectivity index (χ2v) is 6.54. The minimum absolute atomic E-state index is 0.324. The summed E-state index contributed by atoms with van der Waals surface area (Å²) in [5, 5.41) is 8.49. The Kier molecular flexibility index (Phi) is 4.90. The Balaban J connectivity index is 1.45. The van der Waals surface area contributed by atoms with Gasteiger partial charge in [-0.2, -0.15) is 0 Å². The Morgan fingerprint density at radius 3 is 2.72 bits per heavy atom. The molecule has 1 amide bonds. The van der Waals surface area contributed by atoms with Crippen molar-refractivity contribution < 1.29 is 13.6 Å². The molecule has 0 bridgehead atoms. The van der Waals surface area contributed by atoms with Crippen LogP contribution in [0.1, 0.15) is 17.0 Å². The molecule has 0 fully saturated rings. The number of hydrogen-bond acceptors (Lipinski definition) is 5. The highest BCUT2D eigenvalue weighted by atomic mass is 19.1. The van der Waals surface area contributed by atoms with E-state index < -0.39 is 11.6 Å². The first-order valence-corrected chi connectivity index (χ1v) is 8.88. The lowest BCUT2D eigenvalue weighted by molar-refractivity contribution is -0.110. The third-order valence-corrected chi connectivity index (χ3v) is 4.41. The summed E-state index contributed by atoms with van der Waals surface area (Å²) in [6, 6.07) is 8.66. The first kappa shape index (κ1) is 18.5. The van der Waals surface area contributed by atoms with Crippen LogP contribution in [0.15, 0.2) is 55.0 Å². The van der Waals surface area contributed by atoms with Gasteiger partial charge in [0.05, 0.1) is 41.1 Å². The summed E-state index contributed by atoms with van der Waals surface area (Å²) in [5.41, 5.74) is 3.65. The zero-order chi connectivity index (χ0) is 20.4. The molecule has 3 aromatic rings. The molecule has 1 aromatic heterocycles. The van der Waals surface area contributed by atoms with Crippen LogP contribution in [0.3, 0.4) is 0 Å². The molecule has 4 rings (SSSR count). The van der Waals surface area contributed by atoms with Crippen molar-refractivity contribution in [1.29, 1.82) is 0 Å². The number of carbonyl (C=O) groups excluding carboxylic acids is 1. The first-order chi connectivity index (χ1) is 14.0. The lowest BCUT2D eigenvalue weighted by atomic mass is 10.1. The van der Waals surface area contributed by atoms with Gasteiger partial charge in [-0.1, -0.05) is 0 Å². The van der Waals surface area contributed by atoms with Gasteiger partial charge in [0, 0.05) is 23.6 Å². The number of fused-ring (bicyclic) bond motifs is 1. The number of anilines is 3. The van der Waals surface area contributed by atoms with Crippen LogP contribution in [-0.4, -0.2) is 15.9 Å². The maximum Gasteiger partial charge on any atom is 0.257 e. The van der Waals surface area contributed by atoms with Crippen LogP contribution in [0.4, 0.5) is 25.8 Å². The summed E-state index contributed by atoms with van der Waals surface area (Å²) < 4.78 is 27.7. The largest absolute Gasteiger partial charge is 0.377 e. The van der Waals surface area contributed by atoms with Gasteiger partial charge in [-0.3, -0.25) is 14.8 Å². The molecular formula is C21H17F2N5O. The van der Waals surface area contributed by atoms with Crippen molar-refractivity contribution in [2.45, 2.75) is 13.5 Å². The third kappa shape index (κ3) is 4.06. The van der Waals surface area contributed by atoms with Crippen molar-refractivity contribution in [1.82, 2.24) is 9.97 Å². The maximum absolute atomic E-state index is 14.4. The normalized spacial score (nSPS) is 13.9. The molecule has 2 aromatic carbocycles. The number of aromatic nitrogens is 2. The molecule has 0 spiro atoms. The van der Waals surface area contributed by atoms with Gasteiger partial charge in [-0.05, 0) is 43.3 Å². The molecule has 6 nitrogen and oxygen atoms in total. The molecule has 0 saturated heterocycles. The number of hydrogen-bond donors (Lipinski definition) is 3. The van der Waals surface area contributed by atoms with Crippen molar-refractivity contribution in [3.05, 3.63) is 83.6 Å². The van der Waals surface area contributed by atoms with E-state index in [2.05, 4.69) is 25.9 Å². The van der Waals surface area contributed by atoms with Crippen LogP contribution in [-0.2, 0) is 11.3 Å². The van der Waals surface area contributed by atoms with Gasteiger partial charge in [0.15, 0.2) is 0 Å². The second kappa shape index (κ2) is 7.67. The Hall–Kier alpha value is -3.81. The van der Waals surface area contributed by atoms with Crippen LogP contribution >= 0.6 is 0 Å². The lowest BCUT2D eigenvalue weighted by Gasteiger charge is -2.09. The average molecular weight is 393 g/mol. The quantitative estimate of drug-likeness (QED) is 0.570. The van der Waals surface area contributed by atoms with Crippen LogP contribution in [0, 0.1) is 18.6 Å². The molecule has 3 N–H and O–H groups in total. The Labute approximate surface area is 165 Å². The number of nitrogens with zero attached hydrogens (tertiary/aromatic N) is 2. The van der Waals surface area contributed by atoms with E-state index in [1.807, 2.05) is 6.92 Å². The fraction of sp³-hybridized carbons (Fsp3) is 0.0952. The zero-order valence-corrected chi connectivity index (χ0v) is 15.5. The predicted octanol–water partition coefficient (Wildman–Crippen LogP) is 4.08. The molecule has 8 heteroatoms. The molecule has 0 atom stereocenters. The number of nitrogens with one attached hydrogen (secondary N) is 3. The third-order valence-electron chi connectivity index (χ3n) is 4.41. The van der Waals surface area contributed by atoms with E-state index in [1.54, 1.807) is 24.5 Å². The van der Waals surface area contributed by atoms with Crippen LogP contribution in [0.5, 0.6) is 0 Å². The summed E-state index contributed by atoms with van der Waals surface area (Å²) in [7, 11) is 0. The lowest BCUT2D eigenvalue weighted by Crippen LogP contribution is -2.06. The standard InChI is InChI=1S/C21H17F2N5O/c1-12-8-25-15(9-24-12)10-27-19-5-3-14(7-18(19)23)26-11-17-16-4-2-13(22)6-20(16)28-21(17)29/h2-9,11,26-27H,10H2,1H3,(H,28,29). The van der Waals surface area contributed by atoms with Crippen LogP contribution in [0.2, 0.25) is 0 Å². The van der Waals surface area contributed by atoms with Gasteiger partial charge in [-0.25, -0.2) is 8.78 Å². The van der Waals surface area contributed by atoms with Gasteiger partial charge < -0.3 is 16.0 Å². The zero-order valence-electron chi connectivity index (χ0n) is 15.5. The van der Waals surface area contributed by atoms with Gasteiger partial charge >= 0.3 is 0 Å². The summed E-state index contributed by atoms with van der Waals surface area (Å²) in [4.78, 5) is 20.5. The molecule has 0 saturated carbocycles. The van der Waals surface area contributed by atoms with Crippen molar-refractivity contribution in [2.24, 2.45) is 0 Å². The van der Waals surface area contributed by atoms with Gasteiger partial charge in [-0.15, -0.1) is 0 Å². The van der Waals surface area contributed by atoms with E-state index in [9.17, 15) is 13.6 Å². The summed E-state index contributed by atoms with van der Waals surface area (Å²) in [6.07, 6.45) is 4.77.